The summed E-state index contributed by atoms with van der Waals surface area (Å²) in [5.74, 6) is -0.986. The number of ether oxygens (including phenoxy) is 1. The minimum atomic E-state index is -4.74. The summed E-state index contributed by atoms with van der Waals surface area (Å²) in [6.07, 6.45) is -6.80. The third-order valence-corrected chi connectivity index (χ3v) is 5.92. The Morgan fingerprint density at radius 1 is 1.10 bits per heavy atom. The summed E-state index contributed by atoms with van der Waals surface area (Å²) in [6.45, 7) is 6.55. The number of rotatable bonds is 7. The SMILES string of the molecule is C=C1/C=N\NC(=O)C/C(C(F)(F)F)=C\N1C(C)COCCC(=O)N1CCN(c2ncc(C(F)(F)F)cn2)CC1. The predicted octanol–water partition coefficient (Wildman–Crippen LogP) is 2.71. The van der Waals surface area contributed by atoms with Gasteiger partial charge in [-0.05, 0) is 6.92 Å². The Balaban J connectivity index is 1.47. The first kappa shape index (κ1) is 29.9. The van der Waals surface area contributed by atoms with E-state index in [4.69, 9.17) is 4.74 Å². The molecule has 39 heavy (non-hydrogen) atoms. The molecule has 0 saturated carbocycles. The van der Waals surface area contributed by atoms with E-state index in [-0.39, 0.29) is 37.2 Å². The number of nitrogens with one attached hydrogen (secondary N) is 1. The molecule has 2 amide bonds. The van der Waals surface area contributed by atoms with Crippen LogP contribution in [0.15, 0.2) is 41.5 Å². The molecule has 0 aliphatic carbocycles. The van der Waals surface area contributed by atoms with Gasteiger partial charge in [-0.1, -0.05) is 6.58 Å². The molecular formula is C23H27F6N7O3. The van der Waals surface area contributed by atoms with Gasteiger partial charge in [-0.15, -0.1) is 0 Å². The third kappa shape index (κ3) is 8.40. The fourth-order valence-corrected chi connectivity index (χ4v) is 3.78. The standard InChI is InChI=1S/C23H27F6N7O3/c1-15-10-32-33-19(37)9-17(22(24,25)26)13-36(15)16(2)14-39-8-3-20(38)34-4-6-35(7-5-34)21-30-11-18(12-31-21)23(27,28)29/h10-13,16H,1,3-9,14H2,2H3,(H,33,37)/b17-13+,32-10-. The number of amides is 2. The van der Waals surface area contributed by atoms with Crippen molar-refractivity contribution in [2.75, 3.05) is 44.3 Å². The van der Waals surface area contributed by atoms with E-state index in [1.807, 2.05) is 5.43 Å². The van der Waals surface area contributed by atoms with Crippen molar-refractivity contribution in [2.45, 2.75) is 38.2 Å². The first-order valence-corrected chi connectivity index (χ1v) is 11.8. The second-order valence-corrected chi connectivity index (χ2v) is 8.83. The van der Waals surface area contributed by atoms with Crippen LogP contribution in [0.5, 0.6) is 0 Å². The molecule has 1 aromatic rings. The highest BCUT2D eigenvalue weighted by Gasteiger charge is 2.36. The van der Waals surface area contributed by atoms with Crippen LogP contribution in [-0.2, 0) is 20.5 Å². The molecular weight excluding hydrogens is 536 g/mol. The topological polar surface area (TPSA) is 103 Å². The van der Waals surface area contributed by atoms with E-state index in [9.17, 15) is 35.9 Å². The van der Waals surface area contributed by atoms with Crippen molar-refractivity contribution in [3.05, 3.63) is 42.0 Å². The highest BCUT2D eigenvalue weighted by atomic mass is 19.4. The van der Waals surface area contributed by atoms with E-state index >= 15 is 0 Å². The van der Waals surface area contributed by atoms with Crippen LogP contribution in [0.3, 0.4) is 0 Å². The Morgan fingerprint density at radius 3 is 2.33 bits per heavy atom. The van der Waals surface area contributed by atoms with Gasteiger partial charge in [0.15, 0.2) is 0 Å². The second kappa shape index (κ2) is 12.4. The van der Waals surface area contributed by atoms with E-state index in [1.54, 1.807) is 16.7 Å². The van der Waals surface area contributed by atoms with Gasteiger partial charge in [0, 0.05) is 44.8 Å². The molecule has 1 aromatic heterocycles. The summed E-state index contributed by atoms with van der Waals surface area (Å²) in [4.78, 5) is 36.2. The molecule has 16 heteroatoms. The Hall–Kier alpha value is -3.69. The number of alkyl halides is 6. The summed E-state index contributed by atoms with van der Waals surface area (Å²) in [7, 11) is 0. The molecule has 1 saturated heterocycles. The van der Waals surface area contributed by atoms with Gasteiger partial charge in [0.05, 0.1) is 55.1 Å². The lowest BCUT2D eigenvalue weighted by Gasteiger charge is -2.34. The first-order chi connectivity index (χ1) is 18.3. The highest BCUT2D eigenvalue weighted by Crippen LogP contribution is 2.30. The first-order valence-electron chi connectivity index (χ1n) is 11.8. The number of aromatic nitrogens is 2. The summed E-state index contributed by atoms with van der Waals surface area (Å²) in [5.41, 5.74) is 0.0868. The van der Waals surface area contributed by atoms with E-state index in [0.29, 0.717) is 38.6 Å². The number of carbonyl (C=O) groups excluding carboxylic acids is 2. The molecule has 1 fully saturated rings. The lowest BCUT2D eigenvalue weighted by Crippen LogP contribution is -2.49. The lowest BCUT2D eigenvalue weighted by atomic mass is 10.1. The molecule has 10 nitrogen and oxygen atoms in total. The largest absolute Gasteiger partial charge is 0.419 e. The van der Waals surface area contributed by atoms with E-state index in [1.165, 1.54) is 4.90 Å². The molecule has 2 aliphatic rings. The maximum absolute atomic E-state index is 13.4. The Kier molecular flexibility index (Phi) is 9.53. The molecule has 214 valence electrons. The van der Waals surface area contributed by atoms with Gasteiger partial charge in [0.2, 0.25) is 17.8 Å². The van der Waals surface area contributed by atoms with Gasteiger partial charge in [-0.3, -0.25) is 9.59 Å². The molecule has 3 rings (SSSR count). The molecule has 1 N–H and O–H groups in total. The molecule has 0 aromatic carbocycles. The fourth-order valence-electron chi connectivity index (χ4n) is 3.78. The zero-order valence-electron chi connectivity index (χ0n) is 20.9. The van der Waals surface area contributed by atoms with E-state index in [0.717, 1.165) is 12.4 Å². The average molecular weight is 564 g/mol. The average Bonchev–Trinajstić information content (AvgIpc) is 2.94. The van der Waals surface area contributed by atoms with Crippen molar-refractivity contribution in [3.8, 4) is 0 Å². The molecule has 0 bridgehead atoms. The zero-order valence-corrected chi connectivity index (χ0v) is 20.9. The van der Waals surface area contributed by atoms with Crippen LogP contribution >= 0.6 is 0 Å². The van der Waals surface area contributed by atoms with Crippen molar-refractivity contribution in [3.63, 3.8) is 0 Å². The summed E-state index contributed by atoms with van der Waals surface area (Å²) < 4.78 is 83.8. The Labute approximate surface area is 220 Å². The normalized spacial score (nSPS) is 20.4. The number of halogens is 6. The molecule has 0 radical (unpaired) electrons. The van der Waals surface area contributed by atoms with Crippen molar-refractivity contribution in [1.82, 2.24) is 25.2 Å². The second-order valence-electron chi connectivity index (χ2n) is 8.83. The van der Waals surface area contributed by atoms with Crippen LogP contribution in [-0.4, -0.2) is 89.4 Å². The van der Waals surface area contributed by atoms with Gasteiger partial charge in [0.25, 0.3) is 0 Å². The minimum absolute atomic E-state index is 0.00962. The van der Waals surface area contributed by atoms with Crippen molar-refractivity contribution in [1.29, 1.82) is 0 Å². The van der Waals surface area contributed by atoms with Crippen molar-refractivity contribution < 1.29 is 40.7 Å². The Bertz CT molecular complexity index is 1100. The van der Waals surface area contributed by atoms with Crippen LogP contribution in [0, 0.1) is 0 Å². The van der Waals surface area contributed by atoms with Crippen LogP contribution < -0.4 is 10.3 Å². The van der Waals surface area contributed by atoms with Crippen LogP contribution in [0.25, 0.3) is 0 Å². The predicted molar refractivity (Wildman–Crippen MR) is 127 cm³/mol. The molecule has 0 spiro atoms. The summed E-state index contributed by atoms with van der Waals surface area (Å²) in [6, 6.07) is -0.628. The van der Waals surface area contributed by atoms with Crippen LogP contribution in [0.4, 0.5) is 32.3 Å². The van der Waals surface area contributed by atoms with E-state index < -0.39 is 41.9 Å². The number of allylic oxidation sites excluding steroid dienone is 1. The number of hydrogen-bond donors (Lipinski definition) is 1. The quantitative estimate of drug-likeness (QED) is 0.402. The fraction of sp³-hybridized carbons (Fsp3) is 0.522. The molecule has 2 aliphatic heterocycles. The Morgan fingerprint density at radius 2 is 1.74 bits per heavy atom. The number of anilines is 1. The van der Waals surface area contributed by atoms with E-state index in [2.05, 4.69) is 21.6 Å². The summed E-state index contributed by atoms with van der Waals surface area (Å²) >= 11 is 0. The number of hydrazone groups is 1. The number of carbonyl (C=O) groups is 2. The highest BCUT2D eigenvalue weighted by molar-refractivity contribution is 5.83. The smallest absolute Gasteiger partial charge is 0.379 e. The van der Waals surface area contributed by atoms with Gasteiger partial charge in [-0.2, -0.15) is 31.4 Å². The van der Waals surface area contributed by atoms with Crippen LogP contribution in [0.2, 0.25) is 0 Å². The van der Waals surface area contributed by atoms with Crippen LogP contribution in [0.1, 0.15) is 25.3 Å². The van der Waals surface area contributed by atoms with Gasteiger partial charge >= 0.3 is 12.4 Å². The number of nitrogens with zero attached hydrogens (tertiary/aromatic N) is 6. The van der Waals surface area contributed by atoms with Crippen molar-refractivity contribution in [2.24, 2.45) is 5.10 Å². The summed E-state index contributed by atoms with van der Waals surface area (Å²) in [5, 5.41) is 3.60. The zero-order chi connectivity index (χ0) is 28.8. The number of piperazine rings is 1. The molecule has 1 atom stereocenters. The molecule has 3 heterocycles. The van der Waals surface area contributed by atoms with Gasteiger partial charge in [-0.25, -0.2) is 15.4 Å². The molecule has 1 unspecified atom stereocenters. The van der Waals surface area contributed by atoms with Crippen molar-refractivity contribution >= 4 is 24.0 Å². The van der Waals surface area contributed by atoms with Gasteiger partial charge < -0.3 is 19.4 Å². The minimum Gasteiger partial charge on any atom is -0.379 e. The maximum Gasteiger partial charge on any atom is 0.419 e. The monoisotopic (exact) mass is 563 g/mol. The number of hydrogen-bond acceptors (Lipinski definition) is 8. The van der Waals surface area contributed by atoms with Gasteiger partial charge in [0.1, 0.15) is 0 Å². The third-order valence-electron chi connectivity index (χ3n) is 5.92. The lowest BCUT2D eigenvalue weighted by molar-refractivity contribution is -0.138. The maximum atomic E-state index is 13.4.